The number of Topliss-reactive ketones (excluding diaryl/α,β-unsaturated/α-hetero) is 1. The number of ketones is 1. The van der Waals surface area contributed by atoms with E-state index < -0.39 is 0 Å². The molecule has 35 heavy (non-hydrogen) atoms. The SMILES string of the molecule is CC(=O)c1cccc(NC(=O)CSc2nnc3c4ccccc4n(CCc4ccccc4)c3n2)c1. The van der Waals surface area contributed by atoms with Gasteiger partial charge in [0.2, 0.25) is 11.1 Å². The number of rotatable bonds is 8. The zero-order valence-electron chi connectivity index (χ0n) is 19.1. The van der Waals surface area contributed by atoms with Gasteiger partial charge in [-0.05, 0) is 37.1 Å². The Kier molecular flexibility index (Phi) is 6.54. The van der Waals surface area contributed by atoms with Gasteiger partial charge in [0.15, 0.2) is 11.4 Å². The number of amides is 1. The Balaban J connectivity index is 1.35. The van der Waals surface area contributed by atoms with Gasteiger partial charge in [-0.2, -0.15) is 0 Å². The second kappa shape index (κ2) is 10.1. The van der Waals surface area contributed by atoms with E-state index in [0.29, 0.717) is 16.4 Å². The number of nitrogens with zero attached hydrogens (tertiary/aromatic N) is 4. The number of nitrogens with one attached hydrogen (secondary N) is 1. The highest BCUT2D eigenvalue weighted by atomic mass is 32.2. The summed E-state index contributed by atoms with van der Waals surface area (Å²) in [6.45, 7) is 2.25. The molecule has 5 rings (SSSR count). The van der Waals surface area contributed by atoms with Gasteiger partial charge in [-0.3, -0.25) is 9.59 Å². The van der Waals surface area contributed by atoms with Crippen LogP contribution < -0.4 is 5.32 Å². The molecular formula is C27H23N5O2S. The van der Waals surface area contributed by atoms with Gasteiger partial charge in [0, 0.05) is 23.2 Å². The monoisotopic (exact) mass is 481 g/mol. The van der Waals surface area contributed by atoms with Gasteiger partial charge in [0.05, 0.1) is 11.3 Å². The third-order valence-electron chi connectivity index (χ3n) is 5.71. The summed E-state index contributed by atoms with van der Waals surface area (Å²) in [5.74, 6) is -0.128. The van der Waals surface area contributed by atoms with Crippen LogP contribution in [0.25, 0.3) is 22.1 Å². The Morgan fingerprint density at radius 1 is 0.943 bits per heavy atom. The molecule has 174 valence electrons. The molecule has 0 aliphatic rings. The highest BCUT2D eigenvalue weighted by Crippen LogP contribution is 2.27. The van der Waals surface area contributed by atoms with Crippen LogP contribution in [0.3, 0.4) is 0 Å². The van der Waals surface area contributed by atoms with Crippen LogP contribution in [-0.4, -0.2) is 37.2 Å². The van der Waals surface area contributed by atoms with E-state index in [9.17, 15) is 9.59 Å². The maximum atomic E-state index is 12.5. The lowest BCUT2D eigenvalue weighted by molar-refractivity contribution is -0.113. The minimum atomic E-state index is -0.205. The Morgan fingerprint density at radius 2 is 1.74 bits per heavy atom. The van der Waals surface area contributed by atoms with Crippen molar-refractivity contribution in [1.29, 1.82) is 0 Å². The summed E-state index contributed by atoms with van der Waals surface area (Å²) in [4.78, 5) is 28.8. The zero-order chi connectivity index (χ0) is 24.2. The fourth-order valence-corrected chi connectivity index (χ4v) is 4.59. The van der Waals surface area contributed by atoms with E-state index in [-0.39, 0.29) is 17.4 Å². The summed E-state index contributed by atoms with van der Waals surface area (Å²) in [6.07, 6.45) is 0.864. The maximum absolute atomic E-state index is 12.5. The van der Waals surface area contributed by atoms with Crippen LogP contribution in [0.1, 0.15) is 22.8 Å². The van der Waals surface area contributed by atoms with E-state index >= 15 is 0 Å². The average molecular weight is 482 g/mol. The number of hydrogen-bond acceptors (Lipinski definition) is 6. The number of benzene rings is 3. The van der Waals surface area contributed by atoms with E-state index in [0.717, 1.165) is 35.0 Å². The van der Waals surface area contributed by atoms with Gasteiger partial charge in [-0.1, -0.05) is 72.4 Å². The smallest absolute Gasteiger partial charge is 0.234 e. The number of fused-ring (bicyclic) bond motifs is 3. The Hall–Kier alpha value is -4.04. The number of hydrogen-bond donors (Lipinski definition) is 1. The van der Waals surface area contributed by atoms with Gasteiger partial charge in [0.1, 0.15) is 5.52 Å². The topological polar surface area (TPSA) is 89.8 Å². The summed E-state index contributed by atoms with van der Waals surface area (Å²) < 4.78 is 2.17. The zero-order valence-corrected chi connectivity index (χ0v) is 20.0. The van der Waals surface area contributed by atoms with Crippen molar-refractivity contribution in [3.05, 3.63) is 90.0 Å². The normalized spacial score (nSPS) is 11.1. The van der Waals surface area contributed by atoms with E-state index in [1.54, 1.807) is 24.3 Å². The summed E-state index contributed by atoms with van der Waals surface area (Å²) in [5.41, 5.74) is 4.96. The number of thioether (sulfide) groups is 1. The standard InChI is InChI=1S/C27H23N5O2S/c1-18(33)20-10-7-11-21(16-20)28-24(34)17-35-27-29-26-25(30-31-27)22-12-5-6-13-23(22)32(26)15-14-19-8-3-2-4-9-19/h2-13,16H,14-15,17H2,1H3,(H,28,34). The molecule has 5 aromatic rings. The molecule has 0 radical (unpaired) electrons. The molecule has 0 saturated heterocycles. The number of anilines is 1. The van der Waals surface area contributed by atoms with Gasteiger partial charge in [-0.25, -0.2) is 4.98 Å². The van der Waals surface area contributed by atoms with Crippen LogP contribution in [0.15, 0.2) is 84.0 Å². The van der Waals surface area contributed by atoms with Crippen molar-refractivity contribution in [3.63, 3.8) is 0 Å². The number of aryl methyl sites for hydroxylation is 2. The number of carbonyl (C=O) groups excluding carboxylic acids is 2. The highest BCUT2D eigenvalue weighted by Gasteiger charge is 2.15. The summed E-state index contributed by atoms with van der Waals surface area (Å²) >= 11 is 1.23. The Bertz CT molecular complexity index is 1530. The molecule has 0 atom stereocenters. The Morgan fingerprint density at radius 3 is 2.57 bits per heavy atom. The van der Waals surface area contributed by atoms with Crippen molar-refractivity contribution in [2.75, 3.05) is 11.1 Å². The molecule has 0 unspecified atom stereocenters. The molecule has 0 fully saturated rings. The third-order valence-corrected chi connectivity index (χ3v) is 6.54. The molecule has 0 aliphatic heterocycles. The molecular weight excluding hydrogens is 458 g/mol. The van der Waals surface area contributed by atoms with Crippen LogP contribution in [0.2, 0.25) is 0 Å². The van der Waals surface area contributed by atoms with Crippen LogP contribution in [-0.2, 0) is 17.8 Å². The van der Waals surface area contributed by atoms with Crippen molar-refractivity contribution in [3.8, 4) is 0 Å². The van der Waals surface area contributed by atoms with Gasteiger partial charge >= 0.3 is 0 Å². The molecule has 0 spiro atoms. The first kappa shape index (κ1) is 22.7. The van der Waals surface area contributed by atoms with Crippen LogP contribution in [0, 0.1) is 0 Å². The molecule has 0 saturated carbocycles. The molecule has 3 aromatic carbocycles. The van der Waals surface area contributed by atoms with Crippen molar-refractivity contribution < 1.29 is 9.59 Å². The molecule has 1 N–H and O–H groups in total. The first-order valence-corrected chi connectivity index (χ1v) is 12.3. The number of para-hydroxylation sites is 1. The van der Waals surface area contributed by atoms with E-state index in [1.807, 2.05) is 36.4 Å². The lowest BCUT2D eigenvalue weighted by atomic mass is 10.1. The highest BCUT2D eigenvalue weighted by molar-refractivity contribution is 7.99. The number of aromatic nitrogens is 4. The van der Waals surface area contributed by atoms with Crippen LogP contribution in [0.5, 0.6) is 0 Å². The quantitative estimate of drug-likeness (QED) is 0.243. The fraction of sp³-hybridized carbons (Fsp3) is 0.148. The average Bonchev–Trinajstić information content (AvgIpc) is 3.20. The van der Waals surface area contributed by atoms with Gasteiger partial charge in [0.25, 0.3) is 0 Å². The van der Waals surface area contributed by atoms with E-state index in [4.69, 9.17) is 4.98 Å². The predicted octanol–water partition coefficient (Wildman–Crippen LogP) is 5.16. The predicted molar refractivity (Wildman–Crippen MR) is 139 cm³/mol. The second-order valence-corrected chi connectivity index (χ2v) is 9.09. The minimum absolute atomic E-state index is 0.0501. The van der Waals surface area contributed by atoms with Crippen LogP contribution >= 0.6 is 11.8 Å². The van der Waals surface area contributed by atoms with Crippen molar-refractivity contribution in [2.45, 2.75) is 25.0 Å². The first-order valence-electron chi connectivity index (χ1n) is 11.3. The molecule has 0 bridgehead atoms. The molecule has 2 heterocycles. The third kappa shape index (κ3) is 5.07. The van der Waals surface area contributed by atoms with Crippen LogP contribution in [0.4, 0.5) is 5.69 Å². The molecule has 2 aromatic heterocycles. The van der Waals surface area contributed by atoms with Crippen molar-refractivity contribution in [2.24, 2.45) is 0 Å². The second-order valence-electron chi connectivity index (χ2n) is 8.14. The molecule has 1 amide bonds. The number of carbonyl (C=O) groups is 2. The first-order chi connectivity index (χ1) is 17.1. The van der Waals surface area contributed by atoms with Crippen molar-refractivity contribution >= 4 is 51.2 Å². The van der Waals surface area contributed by atoms with Crippen molar-refractivity contribution in [1.82, 2.24) is 19.7 Å². The largest absolute Gasteiger partial charge is 0.325 e. The van der Waals surface area contributed by atoms with Gasteiger partial charge < -0.3 is 9.88 Å². The van der Waals surface area contributed by atoms with Gasteiger partial charge in [-0.15, -0.1) is 10.2 Å². The summed E-state index contributed by atoms with van der Waals surface area (Å²) in [6, 6.07) is 25.3. The Labute approximate surface area is 206 Å². The molecule has 0 aliphatic carbocycles. The maximum Gasteiger partial charge on any atom is 0.234 e. The lowest BCUT2D eigenvalue weighted by Gasteiger charge is -2.08. The molecule has 8 heteroatoms. The summed E-state index contributed by atoms with van der Waals surface area (Å²) in [7, 11) is 0. The molecule has 7 nitrogen and oxygen atoms in total. The minimum Gasteiger partial charge on any atom is -0.325 e. The fourth-order valence-electron chi connectivity index (χ4n) is 4.01. The lowest BCUT2D eigenvalue weighted by Crippen LogP contribution is -2.14. The van der Waals surface area contributed by atoms with E-state index in [2.05, 4.69) is 38.3 Å². The van der Waals surface area contributed by atoms with E-state index in [1.165, 1.54) is 24.2 Å². The summed E-state index contributed by atoms with van der Waals surface area (Å²) in [5, 5.41) is 13.0.